The predicted molar refractivity (Wildman–Crippen MR) is 103 cm³/mol. The van der Waals surface area contributed by atoms with Gasteiger partial charge in [0.2, 0.25) is 0 Å². The molecule has 1 N–H and O–H groups in total. The normalized spacial score (nSPS) is 11.9. The zero-order chi connectivity index (χ0) is 19.4. The third-order valence-electron chi connectivity index (χ3n) is 4.02. The fourth-order valence-electron chi connectivity index (χ4n) is 2.65. The van der Waals surface area contributed by atoms with Crippen LogP contribution < -0.4 is 14.8 Å². The number of carbonyl (C=O) groups excluding carboxylic acids is 1. The maximum atomic E-state index is 12.6. The van der Waals surface area contributed by atoms with Crippen LogP contribution in [-0.2, 0) is 6.67 Å². The molecule has 0 spiro atoms. The van der Waals surface area contributed by atoms with Crippen LogP contribution in [-0.4, -0.2) is 39.7 Å². The van der Waals surface area contributed by atoms with Gasteiger partial charge in [0, 0.05) is 18.0 Å². The minimum absolute atomic E-state index is 0.271. The topological polar surface area (TPSA) is 83.2 Å². The molecule has 1 unspecified atom stereocenters. The van der Waals surface area contributed by atoms with Crippen molar-refractivity contribution in [2.45, 2.75) is 19.6 Å². The lowest BCUT2D eigenvalue weighted by Gasteiger charge is -2.17. The van der Waals surface area contributed by atoms with Gasteiger partial charge in [-0.25, -0.2) is 4.68 Å². The number of amides is 1. The smallest absolute Gasteiger partial charge is 0.272 e. The van der Waals surface area contributed by atoms with E-state index in [1.807, 2.05) is 31.3 Å². The van der Waals surface area contributed by atoms with Crippen molar-refractivity contribution in [2.24, 2.45) is 0 Å². The number of hydrogen-bond donors (Lipinski definition) is 1. The number of aromatic nitrogens is 4. The minimum Gasteiger partial charge on any atom is -0.497 e. The van der Waals surface area contributed by atoms with Crippen LogP contribution in [0.1, 0.15) is 29.0 Å². The molecule has 1 aromatic carbocycles. The fraction of sp³-hybridized carbons (Fsp3) is 0.278. The van der Waals surface area contributed by atoms with Gasteiger partial charge in [0.1, 0.15) is 23.9 Å². The van der Waals surface area contributed by atoms with Gasteiger partial charge in [0.05, 0.1) is 30.9 Å². The highest BCUT2D eigenvalue weighted by Crippen LogP contribution is 2.29. The maximum absolute atomic E-state index is 12.6. The number of nitrogens with one attached hydrogen (secondary N) is 1. The van der Waals surface area contributed by atoms with E-state index in [2.05, 4.69) is 31.4 Å². The second-order valence-electron chi connectivity index (χ2n) is 5.88. The van der Waals surface area contributed by atoms with Crippen molar-refractivity contribution >= 4 is 21.8 Å². The maximum Gasteiger partial charge on any atom is 0.272 e. The van der Waals surface area contributed by atoms with E-state index >= 15 is 0 Å². The van der Waals surface area contributed by atoms with Gasteiger partial charge in [0.25, 0.3) is 5.91 Å². The van der Waals surface area contributed by atoms with Gasteiger partial charge in [-0.15, -0.1) is 0 Å². The summed E-state index contributed by atoms with van der Waals surface area (Å²) in [5, 5.41) is 11.4. The number of ether oxygens (including phenoxy) is 2. The SMILES string of the molecule is COc1ccc(OC)c(C(C)NC(=O)c2ccn(Cn3cc(Br)cn3)n2)c1. The van der Waals surface area contributed by atoms with Crippen molar-refractivity contribution < 1.29 is 14.3 Å². The highest BCUT2D eigenvalue weighted by Gasteiger charge is 2.18. The third kappa shape index (κ3) is 4.48. The van der Waals surface area contributed by atoms with E-state index in [1.165, 1.54) is 0 Å². The second kappa shape index (κ2) is 8.26. The summed E-state index contributed by atoms with van der Waals surface area (Å²) in [6, 6.07) is 6.86. The van der Waals surface area contributed by atoms with Crippen molar-refractivity contribution in [2.75, 3.05) is 14.2 Å². The zero-order valence-corrected chi connectivity index (χ0v) is 16.8. The average Bonchev–Trinajstić information content (AvgIpc) is 3.30. The molecule has 0 aliphatic rings. The average molecular weight is 434 g/mol. The number of nitrogens with zero attached hydrogens (tertiary/aromatic N) is 4. The highest BCUT2D eigenvalue weighted by molar-refractivity contribution is 9.10. The van der Waals surface area contributed by atoms with E-state index in [1.54, 1.807) is 42.0 Å². The van der Waals surface area contributed by atoms with Crippen molar-refractivity contribution in [3.8, 4) is 11.5 Å². The first-order valence-electron chi connectivity index (χ1n) is 8.24. The van der Waals surface area contributed by atoms with E-state index in [0.717, 1.165) is 10.0 Å². The lowest BCUT2D eigenvalue weighted by Crippen LogP contribution is -2.27. The number of carbonyl (C=O) groups is 1. The molecule has 1 atom stereocenters. The van der Waals surface area contributed by atoms with E-state index in [-0.39, 0.29) is 11.9 Å². The summed E-state index contributed by atoms with van der Waals surface area (Å²) >= 11 is 3.35. The third-order valence-corrected chi connectivity index (χ3v) is 4.43. The fourth-order valence-corrected chi connectivity index (χ4v) is 2.98. The molecule has 8 nitrogen and oxygen atoms in total. The molecular formula is C18H20BrN5O3. The van der Waals surface area contributed by atoms with Crippen LogP contribution in [0.5, 0.6) is 11.5 Å². The molecule has 3 rings (SSSR count). The summed E-state index contributed by atoms with van der Waals surface area (Å²) in [6.45, 7) is 2.30. The lowest BCUT2D eigenvalue weighted by molar-refractivity contribution is 0.0933. The first-order valence-corrected chi connectivity index (χ1v) is 9.03. The molecule has 0 aliphatic heterocycles. The Balaban J connectivity index is 1.70. The number of benzene rings is 1. The monoisotopic (exact) mass is 433 g/mol. The Hall–Kier alpha value is -2.81. The second-order valence-corrected chi connectivity index (χ2v) is 6.80. The number of hydrogen-bond acceptors (Lipinski definition) is 5. The van der Waals surface area contributed by atoms with Crippen LogP contribution in [0.3, 0.4) is 0 Å². The zero-order valence-electron chi connectivity index (χ0n) is 15.2. The molecule has 3 aromatic rings. The van der Waals surface area contributed by atoms with E-state index in [9.17, 15) is 4.79 Å². The highest BCUT2D eigenvalue weighted by atomic mass is 79.9. The quantitative estimate of drug-likeness (QED) is 0.619. The molecule has 0 saturated heterocycles. The molecule has 0 saturated carbocycles. The Bertz CT molecular complexity index is 937. The van der Waals surface area contributed by atoms with Crippen LogP contribution in [0.15, 0.2) is 47.3 Å². The minimum atomic E-state index is -0.283. The van der Waals surface area contributed by atoms with Gasteiger partial charge in [-0.3, -0.25) is 9.48 Å². The first-order chi connectivity index (χ1) is 13.0. The Morgan fingerprint density at radius 3 is 2.74 bits per heavy atom. The van der Waals surface area contributed by atoms with Crippen LogP contribution in [0.25, 0.3) is 0 Å². The number of methoxy groups -OCH3 is 2. The number of halogens is 1. The Morgan fingerprint density at radius 2 is 2.07 bits per heavy atom. The molecule has 1 amide bonds. The summed E-state index contributed by atoms with van der Waals surface area (Å²) in [5.74, 6) is 1.10. The van der Waals surface area contributed by atoms with Crippen molar-refractivity contribution in [1.29, 1.82) is 0 Å². The standard InChI is InChI=1S/C18H20BrN5O3/c1-12(15-8-14(26-2)4-5-17(15)27-3)21-18(25)16-6-7-23(22-16)11-24-10-13(19)9-20-24/h4-10,12H,11H2,1-3H3,(H,21,25). The summed E-state index contributed by atoms with van der Waals surface area (Å²) < 4.78 is 14.9. The Labute approximate surface area is 165 Å². The molecule has 27 heavy (non-hydrogen) atoms. The predicted octanol–water partition coefficient (Wildman–Crippen LogP) is 2.86. The van der Waals surface area contributed by atoms with E-state index in [4.69, 9.17) is 9.47 Å². The Kier molecular flexibility index (Phi) is 5.80. The Morgan fingerprint density at radius 1 is 1.26 bits per heavy atom. The van der Waals surface area contributed by atoms with Gasteiger partial charge in [-0.1, -0.05) is 0 Å². The molecule has 9 heteroatoms. The van der Waals surface area contributed by atoms with Gasteiger partial charge < -0.3 is 14.8 Å². The molecule has 0 bridgehead atoms. The van der Waals surface area contributed by atoms with Crippen molar-refractivity contribution in [3.63, 3.8) is 0 Å². The molecule has 0 aliphatic carbocycles. The molecule has 2 heterocycles. The van der Waals surface area contributed by atoms with Crippen LogP contribution >= 0.6 is 15.9 Å². The lowest BCUT2D eigenvalue weighted by atomic mass is 10.1. The van der Waals surface area contributed by atoms with Crippen molar-refractivity contribution in [3.05, 3.63) is 58.6 Å². The first kappa shape index (κ1) is 19.0. The van der Waals surface area contributed by atoms with Gasteiger partial charge in [0.15, 0.2) is 0 Å². The van der Waals surface area contributed by atoms with Crippen LogP contribution in [0.2, 0.25) is 0 Å². The van der Waals surface area contributed by atoms with Gasteiger partial charge in [-0.2, -0.15) is 10.2 Å². The molecule has 0 radical (unpaired) electrons. The van der Waals surface area contributed by atoms with Crippen LogP contribution in [0.4, 0.5) is 0 Å². The summed E-state index contributed by atoms with van der Waals surface area (Å²) in [4.78, 5) is 12.6. The largest absolute Gasteiger partial charge is 0.497 e. The van der Waals surface area contributed by atoms with Crippen LogP contribution in [0, 0.1) is 0 Å². The number of rotatable bonds is 7. The van der Waals surface area contributed by atoms with E-state index < -0.39 is 0 Å². The molecule has 142 valence electrons. The van der Waals surface area contributed by atoms with Gasteiger partial charge >= 0.3 is 0 Å². The summed E-state index contributed by atoms with van der Waals surface area (Å²) in [6.07, 6.45) is 5.26. The van der Waals surface area contributed by atoms with E-state index in [0.29, 0.717) is 23.9 Å². The molecule has 2 aromatic heterocycles. The van der Waals surface area contributed by atoms with Crippen molar-refractivity contribution in [1.82, 2.24) is 24.9 Å². The molecular weight excluding hydrogens is 414 g/mol. The summed E-state index contributed by atoms with van der Waals surface area (Å²) in [7, 11) is 3.19. The summed E-state index contributed by atoms with van der Waals surface area (Å²) in [5.41, 5.74) is 1.15. The molecule has 0 fully saturated rings. The van der Waals surface area contributed by atoms with Gasteiger partial charge in [-0.05, 0) is 47.1 Å².